The Morgan fingerprint density at radius 2 is 1.83 bits per heavy atom. The first-order valence-corrected chi connectivity index (χ1v) is 14.7. The van der Waals surface area contributed by atoms with Gasteiger partial charge in [0.15, 0.2) is 5.78 Å². The molecule has 1 aliphatic heterocycles. The Bertz CT molecular complexity index is 1820. The van der Waals surface area contributed by atoms with Crippen LogP contribution in [0.25, 0.3) is 10.9 Å². The summed E-state index contributed by atoms with van der Waals surface area (Å²) in [5, 5.41) is 21.4. The standard InChI is InChI=1S/C32H29BClF2N3O7/c1-18(40)25-16-38(27-13-23(9-10-24(25)27)46-30(42)11-19-5-7-21(8-6-19)33(44)45)17-29(41)39-15-22(35)12-28(39)32(43)37-14-20-3-2-4-26(34)31(20)36/h2-10,13,16,22,28,44-45H,11-12,14-15,17H2,1H3,(H,37,43)/t22-,28+/m1/s1. The number of benzene rings is 3. The number of carbonyl (C=O) groups excluding carboxylic acids is 4. The Kier molecular flexibility index (Phi) is 9.85. The second kappa shape index (κ2) is 13.8. The van der Waals surface area contributed by atoms with Gasteiger partial charge >= 0.3 is 13.1 Å². The van der Waals surface area contributed by atoms with Crippen LogP contribution >= 0.6 is 11.6 Å². The lowest BCUT2D eigenvalue weighted by Gasteiger charge is -2.24. The summed E-state index contributed by atoms with van der Waals surface area (Å²) in [6, 6.07) is 13.9. The van der Waals surface area contributed by atoms with Crippen molar-refractivity contribution in [2.24, 2.45) is 0 Å². The van der Waals surface area contributed by atoms with Gasteiger partial charge in [0.25, 0.3) is 0 Å². The van der Waals surface area contributed by atoms with Gasteiger partial charge in [0, 0.05) is 41.7 Å². The third-order valence-corrected chi connectivity index (χ3v) is 8.05. The molecule has 0 aliphatic carbocycles. The molecule has 4 aromatic rings. The Morgan fingerprint density at radius 1 is 1.09 bits per heavy atom. The number of halogens is 3. The molecule has 3 N–H and O–H groups in total. The van der Waals surface area contributed by atoms with Gasteiger partial charge in [-0.05, 0) is 36.1 Å². The van der Waals surface area contributed by atoms with Crippen molar-refractivity contribution in [1.29, 1.82) is 0 Å². The molecule has 1 aromatic heterocycles. The zero-order valence-corrected chi connectivity index (χ0v) is 25.3. The molecule has 0 spiro atoms. The van der Waals surface area contributed by atoms with Crippen LogP contribution in [0.1, 0.15) is 34.8 Å². The number of nitrogens with one attached hydrogen (secondary N) is 1. The topological polar surface area (TPSA) is 138 Å². The molecule has 0 radical (unpaired) electrons. The highest BCUT2D eigenvalue weighted by Crippen LogP contribution is 2.28. The summed E-state index contributed by atoms with van der Waals surface area (Å²) in [4.78, 5) is 52.7. The van der Waals surface area contributed by atoms with Crippen molar-refractivity contribution in [1.82, 2.24) is 14.8 Å². The minimum absolute atomic E-state index is 0.106. The average Bonchev–Trinajstić information content (AvgIpc) is 3.58. The summed E-state index contributed by atoms with van der Waals surface area (Å²) in [5.74, 6) is -2.64. The molecule has 0 bridgehead atoms. The zero-order chi connectivity index (χ0) is 33.1. The number of ether oxygens (including phenoxy) is 1. The fraction of sp³-hybridized carbons (Fsp3) is 0.250. The van der Waals surface area contributed by atoms with Gasteiger partial charge in [-0.3, -0.25) is 19.2 Å². The van der Waals surface area contributed by atoms with Crippen molar-refractivity contribution in [3.8, 4) is 5.75 Å². The fourth-order valence-corrected chi connectivity index (χ4v) is 5.61. The highest BCUT2D eigenvalue weighted by Gasteiger charge is 2.40. The lowest BCUT2D eigenvalue weighted by molar-refractivity contribution is -0.139. The van der Waals surface area contributed by atoms with Crippen LogP contribution in [0.5, 0.6) is 5.75 Å². The molecule has 46 heavy (non-hydrogen) atoms. The van der Waals surface area contributed by atoms with Crippen molar-refractivity contribution in [2.75, 3.05) is 6.54 Å². The number of amides is 2. The van der Waals surface area contributed by atoms with Crippen molar-refractivity contribution >= 4 is 58.7 Å². The molecule has 2 amide bonds. The number of alkyl halides is 1. The maximum Gasteiger partial charge on any atom is 0.488 e. The summed E-state index contributed by atoms with van der Waals surface area (Å²) in [7, 11) is -1.63. The van der Waals surface area contributed by atoms with E-state index in [2.05, 4.69) is 5.32 Å². The normalized spacial score (nSPS) is 16.0. The van der Waals surface area contributed by atoms with Crippen molar-refractivity contribution < 1.29 is 42.7 Å². The summed E-state index contributed by atoms with van der Waals surface area (Å²) < 4.78 is 35.8. The van der Waals surface area contributed by atoms with Gasteiger partial charge in [-0.15, -0.1) is 0 Å². The monoisotopic (exact) mass is 651 g/mol. The highest BCUT2D eigenvalue weighted by atomic mass is 35.5. The van der Waals surface area contributed by atoms with Crippen LogP contribution in [0.15, 0.2) is 66.9 Å². The maximum absolute atomic E-state index is 14.5. The van der Waals surface area contributed by atoms with E-state index in [1.807, 2.05) is 0 Å². The van der Waals surface area contributed by atoms with E-state index < -0.39 is 42.9 Å². The van der Waals surface area contributed by atoms with E-state index in [4.69, 9.17) is 16.3 Å². The SMILES string of the molecule is CC(=O)c1cn(CC(=O)N2C[C@H](F)C[C@H]2C(=O)NCc2cccc(Cl)c2F)c2cc(OC(=O)Cc3ccc(B(O)O)cc3)ccc12. The molecule has 14 heteroatoms. The van der Waals surface area contributed by atoms with Crippen LogP contribution in [0.4, 0.5) is 8.78 Å². The van der Waals surface area contributed by atoms with E-state index >= 15 is 0 Å². The van der Waals surface area contributed by atoms with Gasteiger partial charge in [0.05, 0.1) is 23.5 Å². The molecule has 1 fully saturated rings. The summed E-state index contributed by atoms with van der Waals surface area (Å²) in [6.07, 6.45) is -0.310. The first-order chi connectivity index (χ1) is 21.9. The smallest absolute Gasteiger partial charge is 0.426 e. The molecule has 0 saturated carbocycles. The number of ketones is 1. The number of hydrogen-bond donors (Lipinski definition) is 3. The Labute approximate surface area is 267 Å². The van der Waals surface area contributed by atoms with E-state index in [0.717, 1.165) is 4.90 Å². The minimum Gasteiger partial charge on any atom is -0.426 e. The van der Waals surface area contributed by atoms with Crippen LogP contribution in [0, 0.1) is 5.82 Å². The van der Waals surface area contributed by atoms with Crippen LogP contribution in [0.2, 0.25) is 5.02 Å². The van der Waals surface area contributed by atoms with Gasteiger partial charge in [-0.25, -0.2) is 8.78 Å². The predicted molar refractivity (Wildman–Crippen MR) is 166 cm³/mol. The van der Waals surface area contributed by atoms with Gasteiger partial charge in [0.1, 0.15) is 30.3 Å². The van der Waals surface area contributed by atoms with Gasteiger partial charge in [-0.2, -0.15) is 0 Å². The van der Waals surface area contributed by atoms with Crippen LogP contribution < -0.4 is 15.5 Å². The van der Waals surface area contributed by atoms with Crippen LogP contribution in [-0.2, 0) is 33.9 Å². The number of carbonyl (C=O) groups is 4. The van der Waals surface area contributed by atoms with Crippen LogP contribution in [0.3, 0.4) is 0 Å². The molecular weight excluding hydrogens is 623 g/mol. The second-order valence-corrected chi connectivity index (χ2v) is 11.4. The number of esters is 1. The van der Waals surface area contributed by atoms with Gasteiger partial charge in [0.2, 0.25) is 11.8 Å². The summed E-state index contributed by atoms with van der Waals surface area (Å²) in [6.45, 7) is 0.503. The Morgan fingerprint density at radius 3 is 2.52 bits per heavy atom. The van der Waals surface area contributed by atoms with Gasteiger partial charge in [-0.1, -0.05) is 48.0 Å². The third-order valence-electron chi connectivity index (χ3n) is 7.75. The van der Waals surface area contributed by atoms with E-state index in [0.29, 0.717) is 22.0 Å². The fourth-order valence-electron chi connectivity index (χ4n) is 5.42. The number of aromatic nitrogens is 1. The number of rotatable bonds is 10. The number of hydrogen-bond acceptors (Lipinski definition) is 7. The lowest BCUT2D eigenvalue weighted by atomic mass is 9.80. The summed E-state index contributed by atoms with van der Waals surface area (Å²) >= 11 is 5.81. The molecular formula is C32H29BClF2N3O7. The summed E-state index contributed by atoms with van der Waals surface area (Å²) in [5.41, 5.74) is 1.71. The van der Waals surface area contributed by atoms with Gasteiger partial charge < -0.3 is 29.6 Å². The van der Waals surface area contributed by atoms with Crippen molar-refractivity contribution in [2.45, 2.75) is 45.1 Å². The van der Waals surface area contributed by atoms with E-state index in [1.54, 1.807) is 18.2 Å². The van der Waals surface area contributed by atoms with E-state index in [-0.39, 0.29) is 60.1 Å². The largest absolute Gasteiger partial charge is 0.488 e. The zero-order valence-electron chi connectivity index (χ0n) is 24.6. The quantitative estimate of drug-likeness (QED) is 0.104. The molecule has 3 aromatic carbocycles. The lowest BCUT2D eigenvalue weighted by Crippen LogP contribution is -2.46. The Hall–Kier alpha value is -4.59. The molecule has 238 valence electrons. The number of nitrogens with zero attached hydrogens (tertiary/aromatic N) is 2. The molecule has 10 nitrogen and oxygen atoms in total. The van der Waals surface area contributed by atoms with Crippen molar-refractivity contribution in [3.63, 3.8) is 0 Å². The van der Waals surface area contributed by atoms with Crippen molar-refractivity contribution in [3.05, 3.63) is 94.4 Å². The molecule has 0 unspecified atom stereocenters. The first-order valence-electron chi connectivity index (χ1n) is 14.3. The number of Topliss-reactive ketones (excluding diaryl/α,β-unsaturated/α-hetero) is 1. The second-order valence-electron chi connectivity index (χ2n) is 11.0. The molecule has 2 heterocycles. The molecule has 1 saturated heterocycles. The molecule has 5 rings (SSSR count). The van der Waals surface area contributed by atoms with Crippen LogP contribution in [-0.4, -0.2) is 69.0 Å². The number of fused-ring (bicyclic) bond motifs is 1. The minimum atomic E-state index is -1.63. The maximum atomic E-state index is 14.5. The Balaban J connectivity index is 1.31. The average molecular weight is 652 g/mol. The first kappa shape index (κ1) is 32.8. The molecule has 2 atom stereocenters. The third kappa shape index (κ3) is 7.28. The highest BCUT2D eigenvalue weighted by molar-refractivity contribution is 6.58. The predicted octanol–water partition coefficient (Wildman–Crippen LogP) is 2.72. The van der Waals surface area contributed by atoms with E-state index in [1.165, 1.54) is 60.2 Å². The van der Waals surface area contributed by atoms with E-state index in [9.17, 15) is 38.0 Å². The molecule has 1 aliphatic rings. The number of likely N-dealkylation sites (tertiary alicyclic amines) is 1.